The Labute approximate surface area is 143 Å². The summed E-state index contributed by atoms with van der Waals surface area (Å²) in [7, 11) is 0. The second-order valence-electron chi connectivity index (χ2n) is 6.75. The van der Waals surface area contributed by atoms with Gasteiger partial charge in [0, 0.05) is 12.2 Å². The van der Waals surface area contributed by atoms with Crippen molar-refractivity contribution in [1.29, 1.82) is 0 Å². The van der Waals surface area contributed by atoms with Gasteiger partial charge in [0.05, 0.1) is 0 Å². The maximum atomic E-state index is 12.7. The molecule has 0 saturated carbocycles. The first kappa shape index (κ1) is 16.8. The van der Waals surface area contributed by atoms with Crippen LogP contribution in [0, 0.1) is 0 Å². The Bertz CT molecular complexity index is 713. The van der Waals surface area contributed by atoms with Gasteiger partial charge in [0.15, 0.2) is 5.75 Å². The number of hydrogen-bond acceptors (Lipinski definition) is 3. The van der Waals surface area contributed by atoms with E-state index < -0.39 is 0 Å². The number of rotatable bonds is 5. The van der Waals surface area contributed by atoms with Gasteiger partial charge in [-0.25, -0.2) is 0 Å². The average Bonchev–Trinajstić information content (AvgIpc) is 2.62. The molecule has 128 valence electrons. The van der Waals surface area contributed by atoms with Crippen LogP contribution < -0.4 is 15.6 Å². The Kier molecular flexibility index (Phi) is 5.36. The smallest absolute Gasteiger partial charge is 0.293 e. The summed E-state index contributed by atoms with van der Waals surface area (Å²) >= 11 is 0. The predicted molar refractivity (Wildman–Crippen MR) is 96.7 cm³/mol. The van der Waals surface area contributed by atoms with E-state index in [0.717, 1.165) is 31.5 Å². The van der Waals surface area contributed by atoms with E-state index >= 15 is 0 Å². The summed E-state index contributed by atoms with van der Waals surface area (Å²) in [6, 6.07) is 12.3. The molecule has 1 aliphatic heterocycles. The van der Waals surface area contributed by atoms with Crippen molar-refractivity contribution in [2.75, 3.05) is 13.1 Å². The molecule has 4 heteroatoms. The van der Waals surface area contributed by atoms with E-state index in [1.54, 1.807) is 6.07 Å². The molecule has 0 spiro atoms. The van der Waals surface area contributed by atoms with Crippen LogP contribution in [-0.4, -0.2) is 17.7 Å². The summed E-state index contributed by atoms with van der Waals surface area (Å²) in [5, 5.41) is 3.33. The number of nitrogens with zero attached hydrogens (tertiary/aromatic N) is 1. The van der Waals surface area contributed by atoms with Crippen LogP contribution >= 0.6 is 0 Å². The van der Waals surface area contributed by atoms with Crippen molar-refractivity contribution in [2.45, 2.75) is 45.3 Å². The lowest BCUT2D eigenvalue weighted by Gasteiger charge is -2.25. The molecule has 0 bridgehead atoms. The minimum Gasteiger partial charge on any atom is -0.483 e. The molecule has 3 rings (SSSR count). The zero-order valence-corrected chi connectivity index (χ0v) is 14.5. The summed E-state index contributed by atoms with van der Waals surface area (Å²) in [6.07, 6.45) is 3.85. The summed E-state index contributed by atoms with van der Waals surface area (Å²) in [5.41, 5.74) is 2.37. The van der Waals surface area contributed by atoms with Gasteiger partial charge in [-0.1, -0.05) is 38.1 Å². The maximum Gasteiger partial charge on any atom is 0.293 e. The van der Waals surface area contributed by atoms with E-state index in [4.69, 9.17) is 4.74 Å². The van der Waals surface area contributed by atoms with Crippen LogP contribution in [0.2, 0.25) is 0 Å². The van der Waals surface area contributed by atoms with E-state index in [9.17, 15) is 4.79 Å². The van der Waals surface area contributed by atoms with Crippen LogP contribution in [-0.2, 0) is 6.61 Å². The van der Waals surface area contributed by atoms with E-state index in [0.29, 0.717) is 18.3 Å². The molecule has 1 fully saturated rings. The molecule has 1 aromatic heterocycles. The molecule has 24 heavy (non-hydrogen) atoms. The number of aromatic nitrogens is 1. The fourth-order valence-electron chi connectivity index (χ4n) is 3.13. The Hall–Kier alpha value is -2.07. The fraction of sp³-hybridized carbons (Fsp3) is 0.450. The number of pyridine rings is 1. The Morgan fingerprint density at radius 3 is 2.54 bits per heavy atom. The highest BCUT2D eigenvalue weighted by Crippen LogP contribution is 2.18. The highest BCUT2D eigenvalue weighted by Gasteiger charge is 2.17. The topological polar surface area (TPSA) is 43.3 Å². The van der Waals surface area contributed by atoms with Gasteiger partial charge in [-0.2, -0.15) is 0 Å². The standard InChI is InChI=1S/C20H26N2O2/c1-15(2)17-7-5-16(6-8-17)14-24-19-4-3-13-22(20(19)23)18-9-11-21-12-10-18/h3-8,13,15,18,21H,9-12,14H2,1-2H3. The molecule has 0 amide bonds. The number of piperidine rings is 1. The maximum absolute atomic E-state index is 12.7. The van der Waals surface area contributed by atoms with E-state index in [-0.39, 0.29) is 11.6 Å². The van der Waals surface area contributed by atoms with Gasteiger partial charge in [0.25, 0.3) is 5.56 Å². The molecule has 0 atom stereocenters. The number of benzene rings is 1. The zero-order valence-electron chi connectivity index (χ0n) is 14.5. The Balaban J connectivity index is 1.70. The molecule has 1 aromatic carbocycles. The number of nitrogens with one attached hydrogen (secondary N) is 1. The lowest BCUT2D eigenvalue weighted by Crippen LogP contribution is -2.34. The highest BCUT2D eigenvalue weighted by atomic mass is 16.5. The van der Waals surface area contributed by atoms with Gasteiger partial charge in [-0.15, -0.1) is 0 Å². The number of ether oxygens (including phenoxy) is 1. The summed E-state index contributed by atoms with van der Waals surface area (Å²) in [6.45, 7) is 6.70. The first-order valence-corrected chi connectivity index (χ1v) is 8.78. The van der Waals surface area contributed by atoms with Gasteiger partial charge in [0.1, 0.15) is 6.61 Å². The number of hydrogen-bond donors (Lipinski definition) is 1. The molecule has 0 radical (unpaired) electrons. The van der Waals surface area contributed by atoms with Crippen molar-refractivity contribution in [2.24, 2.45) is 0 Å². The predicted octanol–water partition coefficient (Wildman–Crippen LogP) is 3.48. The summed E-state index contributed by atoms with van der Waals surface area (Å²) < 4.78 is 7.64. The SMILES string of the molecule is CC(C)c1ccc(COc2cccn(C3CCNCC3)c2=O)cc1. The molecular weight excluding hydrogens is 300 g/mol. The van der Waals surface area contributed by atoms with Gasteiger partial charge in [0.2, 0.25) is 0 Å². The molecule has 2 aromatic rings. The third kappa shape index (κ3) is 3.88. The van der Waals surface area contributed by atoms with Crippen LogP contribution in [0.5, 0.6) is 5.75 Å². The van der Waals surface area contributed by atoms with Crippen LogP contribution in [0.25, 0.3) is 0 Å². The fourth-order valence-corrected chi connectivity index (χ4v) is 3.13. The second kappa shape index (κ2) is 7.67. The monoisotopic (exact) mass is 326 g/mol. The van der Waals surface area contributed by atoms with E-state index in [1.807, 2.05) is 16.8 Å². The molecule has 2 heterocycles. The third-order valence-electron chi connectivity index (χ3n) is 4.68. The summed E-state index contributed by atoms with van der Waals surface area (Å²) in [4.78, 5) is 12.7. The normalized spacial score (nSPS) is 15.6. The highest BCUT2D eigenvalue weighted by molar-refractivity contribution is 5.25. The van der Waals surface area contributed by atoms with Crippen LogP contribution in [0.3, 0.4) is 0 Å². The second-order valence-corrected chi connectivity index (χ2v) is 6.75. The quantitative estimate of drug-likeness (QED) is 0.915. The van der Waals surface area contributed by atoms with Crippen molar-refractivity contribution < 1.29 is 4.74 Å². The lowest BCUT2D eigenvalue weighted by atomic mass is 10.0. The van der Waals surface area contributed by atoms with Crippen molar-refractivity contribution in [3.63, 3.8) is 0 Å². The molecule has 4 nitrogen and oxygen atoms in total. The molecule has 1 N–H and O–H groups in total. The van der Waals surface area contributed by atoms with Gasteiger partial charge in [-0.3, -0.25) is 4.79 Å². The van der Waals surface area contributed by atoms with Crippen molar-refractivity contribution >= 4 is 0 Å². The van der Waals surface area contributed by atoms with Gasteiger partial charge in [-0.05, 0) is 55.1 Å². The van der Waals surface area contributed by atoms with Crippen LogP contribution in [0.15, 0.2) is 47.4 Å². The molecule has 0 aliphatic carbocycles. The van der Waals surface area contributed by atoms with Crippen molar-refractivity contribution in [3.8, 4) is 5.75 Å². The van der Waals surface area contributed by atoms with E-state index in [2.05, 4.69) is 43.4 Å². The van der Waals surface area contributed by atoms with Gasteiger partial charge < -0.3 is 14.6 Å². The third-order valence-corrected chi connectivity index (χ3v) is 4.68. The van der Waals surface area contributed by atoms with Crippen LogP contribution in [0.1, 0.15) is 49.8 Å². The zero-order chi connectivity index (χ0) is 16.9. The van der Waals surface area contributed by atoms with Crippen LogP contribution in [0.4, 0.5) is 0 Å². The molecule has 1 aliphatic rings. The molecular formula is C20H26N2O2. The minimum absolute atomic E-state index is 0.0248. The van der Waals surface area contributed by atoms with Gasteiger partial charge >= 0.3 is 0 Å². The summed E-state index contributed by atoms with van der Waals surface area (Å²) in [5.74, 6) is 0.954. The van der Waals surface area contributed by atoms with Crippen molar-refractivity contribution in [1.82, 2.24) is 9.88 Å². The van der Waals surface area contributed by atoms with E-state index in [1.165, 1.54) is 5.56 Å². The largest absolute Gasteiger partial charge is 0.483 e. The first-order valence-electron chi connectivity index (χ1n) is 8.78. The molecule has 1 saturated heterocycles. The first-order chi connectivity index (χ1) is 11.6. The Morgan fingerprint density at radius 2 is 1.88 bits per heavy atom. The molecule has 0 unspecified atom stereocenters. The lowest BCUT2D eigenvalue weighted by molar-refractivity contribution is 0.291. The average molecular weight is 326 g/mol. The van der Waals surface area contributed by atoms with Crippen molar-refractivity contribution in [3.05, 3.63) is 64.1 Å². The minimum atomic E-state index is -0.0248. The Morgan fingerprint density at radius 1 is 1.17 bits per heavy atom.